The summed E-state index contributed by atoms with van der Waals surface area (Å²) in [6, 6.07) is 46.9. The fraction of sp³-hybridized carbons (Fsp3) is 0.422. The van der Waals surface area contributed by atoms with E-state index in [2.05, 4.69) is 103 Å². The molecule has 2 aliphatic heterocycles. The van der Waals surface area contributed by atoms with E-state index in [1.54, 1.807) is 68.7 Å². The number of aromatic nitrogens is 4. The van der Waals surface area contributed by atoms with E-state index in [1.165, 1.54) is 125 Å². The molecule has 3 atom stereocenters. The van der Waals surface area contributed by atoms with Gasteiger partial charge in [-0.25, -0.2) is 33.3 Å². The molecule has 4 aliphatic rings. The molecule has 1 N–H and O–H groups in total. The number of methoxy groups -OCH3 is 2. The average Bonchev–Trinajstić information content (AvgIpc) is 1.23. The lowest BCUT2D eigenvalue weighted by atomic mass is 9.86. The monoisotopic (exact) mass is 1830 g/mol. The van der Waals surface area contributed by atoms with Crippen LogP contribution >= 0.6 is 23.4 Å². The quantitative estimate of drug-likeness (QED) is 0.0144. The summed E-state index contributed by atoms with van der Waals surface area (Å²) in [6.07, 6.45) is 16.5. The predicted octanol–water partition coefficient (Wildman–Crippen LogP) is 24.9. The van der Waals surface area contributed by atoms with Gasteiger partial charge in [-0.05, 0) is 140 Å². The van der Waals surface area contributed by atoms with E-state index in [1.807, 2.05) is 80.6 Å². The molecule has 2 fully saturated rings. The Morgan fingerprint density at radius 2 is 1.31 bits per heavy atom. The molecule has 1 saturated carbocycles. The predicted molar refractivity (Wildman–Crippen MR) is 497 cm³/mol. The minimum atomic E-state index is -4.70. The zero-order valence-electron chi connectivity index (χ0n) is 76.6. The Morgan fingerprint density at radius 1 is 0.685 bits per heavy atom. The van der Waals surface area contributed by atoms with Crippen LogP contribution in [0, 0.1) is 11.6 Å². The Hall–Kier alpha value is -11.6. The minimum Gasteiger partial charge on any atom is -0.503 e. The second-order valence-corrected chi connectivity index (χ2v) is 35.6. The topological polar surface area (TPSA) is 255 Å². The van der Waals surface area contributed by atoms with Crippen molar-refractivity contribution in [3.8, 4) is 23.5 Å². The number of amides is 3. The number of hydrogen-bond acceptors (Lipinski definition) is 20. The number of alkyl halides is 3. The number of nitrogens with one attached hydrogen (secondary N) is 1. The average molecular weight is 1830 g/mol. The normalized spacial score (nSPS) is 15.7. The molecule has 694 valence electrons. The molecule has 130 heavy (non-hydrogen) atoms. The van der Waals surface area contributed by atoms with Gasteiger partial charge in [-0.1, -0.05) is 264 Å². The number of ether oxygens (including phenoxy) is 8. The maximum Gasteiger partial charge on any atom is 0.433 e. The molecular weight excluding hydrogens is 1710 g/mol. The molecule has 1 saturated heterocycles. The minimum absolute atomic E-state index is 0.00653. The lowest BCUT2D eigenvalue weighted by molar-refractivity contribution is -0.142. The number of esters is 2. The number of nitrogens with zero attached hydrogens (tertiary/aromatic N) is 6. The third kappa shape index (κ3) is 29.7. The standard InChI is InChI=1S/C24H32O4.C21H23F2NO2.C20H21F3N2O5.C20H22N2O.C17H21ClN2O2S/c1-3-4-5-6-7-8-9-10-11-12-17-21-22(26)19-15-13-14-16-20(19)23(27)24(21)28-18(2)25;1-5-25-18-11-13(21(2,3)4)9-10-14(18)17-12-26-20(24-17)19-15(22)7-6-8-16(19)23;1-12(2)30-19-24-16(20(21,22)23)9-17(25-19)29-10-13-7-5-6-8-14(13)15(11-27-3)18(26)28-4;1-20(2,3)16-10-8-15(9-11-16)12-13-23-19-17-6-4-5-7-18(17)21-14-22-19;1-11-15(12-7-9-13(18)10-8-12)23-17(22)20(11)16(21)19-14-5-3-2-4-6-14/h13-16H,3-12,17H2,1-2H3;6-11,17H,5,12H2,1-4H3;5-9,11-12H,10H2,1-4H3;4-11,14H,12-13H2,1-3H3;7-11,14-15H,2-6H2,1H3,(H,19,21)/b;;15-11+;;. The van der Waals surface area contributed by atoms with Crippen molar-refractivity contribution in [3.63, 3.8) is 0 Å². The Morgan fingerprint density at radius 3 is 1.93 bits per heavy atom. The Labute approximate surface area is 768 Å². The number of carbonyl (C=O) groups excluding carboxylic acids is 6. The SMILES string of the molecule is CC(C)(C)c1ccc(CCOc2ncnc3ccccc23)cc1.CC1C(c2ccc(Cl)cc2)SC(=O)N1C(=O)NC1CCCCC1.CCCCCCCCCCCCC1=C(OC(C)=O)C(=O)c2ccccc2C1=O.CCOc1cc(C(C)(C)C)ccc1C1COC(c2c(F)cccc2F)=N1.CO/C=C(/C(=O)OC)c1ccccc1COc1cc(C(F)(F)F)nc(OC(C)C)n1. The molecule has 28 heteroatoms. The van der Waals surface area contributed by atoms with Crippen LogP contribution in [-0.4, -0.2) is 118 Å². The molecule has 3 unspecified atom stereocenters. The smallest absolute Gasteiger partial charge is 0.433 e. The van der Waals surface area contributed by atoms with E-state index >= 15 is 0 Å². The summed E-state index contributed by atoms with van der Waals surface area (Å²) < 4.78 is 110. The van der Waals surface area contributed by atoms with Gasteiger partial charge in [-0.15, -0.1) is 0 Å². The van der Waals surface area contributed by atoms with Gasteiger partial charge in [-0.2, -0.15) is 23.1 Å². The largest absolute Gasteiger partial charge is 0.503 e. The summed E-state index contributed by atoms with van der Waals surface area (Å²) in [5.74, 6) is -2.16. The molecule has 3 amide bonds. The molecule has 9 aromatic rings. The number of urea groups is 1. The van der Waals surface area contributed by atoms with Crippen LogP contribution in [0.1, 0.15) is 268 Å². The zero-order chi connectivity index (χ0) is 94.2. The zero-order valence-corrected chi connectivity index (χ0v) is 78.1. The molecular formula is C102H119ClF5N7O14S. The van der Waals surface area contributed by atoms with Crippen LogP contribution in [0.3, 0.4) is 0 Å². The number of para-hydroxylation sites is 1. The number of fused-ring (bicyclic) bond motifs is 2. The molecule has 2 aliphatic carbocycles. The molecule has 0 radical (unpaired) electrons. The van der Waals surface area contributed by atoms with Crippen molar-refractivity contribution in [1.29, 1.82) is 0 Å². The molecule has 21 nitrogen and oxygen atoms in total. The van der Waals surface area contributed by atoms with Crippen molar-refractivity contribution in [2.45, 2.75) is 245 Å². The highest BCUT2D eigenvalue weighted by molar-refractivity contribution is 8.14. The first-order valence-electron chi connectivity index (χ1n) is 44.3. The molecule has 0 spiro atoms. The number of imide groups is 1. The van der Waals surface area contributed by atoms with Crippen molar-refractivity contribution in [2.24, 2.45) is 4.99 Å². The maximum atomic E-state index is 14.0. The third-order valence-electron chi connectivity index (χ3n) is 21.8. The lowest BCUT2D eigenvalue weighted by Gasteiger charge is -2.27. The van der Waals surface area contributed by atoms with E-state index in [4.69, 9.17) is 49.5 Å². The van der Waals surface area contributed by atoms with Crippen LogP contribution in [0.15, 0.2) is 193 Å². The van der Waals surface area contributed by atoms with Crippen molar-refractivity contribution in [2.75, 3.05) is 34.0 Å². The number of rotatable bonds is 30. The number of unbranched alkanes of at least 4 members (excludes halogenated alkanes) is 9. The highest BCUT2D eigenvalue weighted by Gasteiger charge is 2.43. The van der Waals surface area contributed by atoms with Crippen molar-refractivity contribution >= 4 is 80.5 Å². The van der Waals surface area contributed by atoms with Crippen LogP contribution in [0.5, 0.6) is 23.5 Å². The number of benzene rings is 7. The summed E-state index contributed by atoms with van der Waals surface area (Å²) in [5, 5.41) is 4.44. The van der Waals surface area contributed by atoms with Gasteiger partial charge >= 0.3 is 30.2 Å². The van der Waals surface area contributed by atoms with Crippen molar-refractivity contribution < 1.29 is 88.6 Å². The Kier molecular flexibility index (Phi) is 38.8. The van der Waals surface area contributed by atoms with E-state index in [-0.39, 0.29) is 98.9 Å². The van der Waals surface area contributed by atoms with Crippen LogP contribution in [0.2, 0.25) is 5.02 Å². The number of thioether (sulfide) groups is 1. The summed E-state index contributed by atoms with van der Waals surface area (Å²) in [5.41, 5.74) is 7.46. The van der Waals surface area contributed by atoms with E-state index in [0.717, 1.165) is 84.7 Å². The maximum absolute atomic E-state index is 14.0. The van der Waals surface area contributed by atoms with Crippen LogP contribution < -0.4 is 24.3 Å². The lowest BCUT2D eigenvalue weighted by Crippen LogP contribution is -2.48. The van der Waals surface area contributed by atoms with Gasteiger partial charge in [0.05, 0.1) is 62.0 Å². The van der Waals surface area contributed by atoms with Crippen molar-refractivity contribution in [1.82, 2.24) is 30.2 Å². The molecule has 0 bridgehead atoms. The summed E-state index contributed by atoms with van der Waals surface area (Å²) in [4.78, 5) is 95.4. The first-order chi connectivity index (χ1) is 62.1. The molecule has 2 aromatic heterocycles. The Bertz CT molecular complexity index is 5380. The van der Waals surface area contributed by atoms with Gasteiger partial charge in [0.1, 0.15) is 54.1 Å². The molecule has 13 rings (SSSR count). The molecule has 7 aromatic carbocycles. The summed E-state index contributed by atoms with van der Waals surface area (Å²) in [6.45, 7) is 24.9. The fourth-order valence-electron chi connectivity index (χ4n) is 14.9. The van der Waals surface area contributed by atoms with Gasteiger partial charge in [0.2, 0.25) is 23.4 Å². The third-order valence-corrected chi connectivity index (χ3v) is 23.3. The number of hydrogen-bond donors (Lipinski definition) is 1. The second-order valence-electron chi connectivity index (χ2n) is 34.1. The van der Waals surface area contributed by atoms with Gasteiger partial charge in [0.15, 0.2) is 17.2 Å². The number of aliphatic imine (C=N–C) groups is 1. The summed E-state index contributed by atoms with van der Waals surface area (Å²) >= 11 is 7.14. The number of Topliss-reactive ketones (excluding diaryl/α,β-unsaturated/α-hetero) is 2. The Balaban J connectivity index is 0.000000184. The first-order valence-corrected chi connectivity index (χ1v) is 45.5. The van der Waals surface area contributed by atoms with E-state index in [0.29, 0.717) is 64.4 Å². The second kappa shape index (κ2) is 49.4. The van der Waals surface area contributed by atoms with E-state index in [9.17, 15) is 50.7 Å². The number of allylic oxidation sites excluding steroid dienone is 2. The van der Waals surface area contributed by atoms with Gasteiger partial charge in [0, 0.05) is 52.7 Å². The number of ketones is 2. The summed E-state index contributed by atoms with van der Waals surface area (Å²) in [7, 11) is 2.60. The highest BCUT2D eigenvalue weighted by atomic mass is 35.5. The van der Waals surface area contributed by atoms with Crippen LogP contribution in [-0.2, 0) is 58.6 Å². The number of halogens is 6. The van der Waals surface area contributed by atoms with Gasteiger partial charge < -0.3 is 43.2 Å². The van der Waals surface area contributed by atoms with E-state index < -0.39 is 47.6 Å². The highest BCUT2D eigenvalue weighted by Crippen LogP contribution is 2.44. The van der Waals surface area contributed by atoms with Gasteiger partial charge in [0.25, 0.3) is 5.24 Å². The van der Waals surface area contributed by atoms with Crippen LogP contribution in [0.4, 0.5) is 31.5 Å². The van der Waals surface area contributed by atoms with Gasteiger partial charge in [-0.3, -0.25) is 24.1 Å². The fourth-order valence-corrected chi connectivity index (χ4v) is 16.2. The molecule has 4 heterocycles. The first kappa shape index (κ1) is 102. The number of carbonyl (C=O) groups is 6. The van der Waals surface area contributed by atoms with Crippen LogP contribution in [0.25, 0.3) is 16.5 Å². The van der Waals surface area contributed by atoms with Crippen molar-refractivity contribution in [3.05, 3.63) is 266 Å².